The lowest BCUT2D eigenvalue weighted by molar-refractivity contribution is -0.384. The molecular formula is C37H28N4O4. The number of non-ortho nitro benzene ring substituents is 1. The summed E-state index contributed by atoms with van der Waals surface area (Å²) in [6.07, 6.45) is 1.62. The van der Waals surface area contributed by atoms with Crippen molar-refractivity contribution >= 4 is 23.7 Å². The third-order valence-electron chi connectivity index (χ3n) is 9.74. The number of rotatable bonds is 5. The van der Waals surface area contributed by atoms with Crippen LogP contribution in [0.1, 0.15) is 51.0 Å². The number of nitro groups is 1. The fraction of sp³-hybridized carbons (Fsp3) is 0.162. The maximum absolute atomic E-state index is 13.9. The molecule has 0 unspecified atom stereocenters. The van der Waals surface area contributed by atoms with Crippen LogP contribution in [-0.4, -0.2) is 32.5 Å². The monoisotopic (exact) mass is 592 g/mol. The van der Waals surface area contributed by atoms with Gasteiger partial charge in [0.2, 0.25) is 0 Å². The van der Waals surface area contributed by atoms with E-state index in [0.717, 1.165) is 61.0 Å². The number of benzene rings is 4. The maximum atomic E-state index is 13.9. The standard InChI is InChI=1S/C37H28N4O4/c1-21-19-25(22(2)39(21)26-15-11-23(12-16-26)24-13-17-27(18-14-24)41(44)45)20-38-40-36(42)34-32-28-7-3-4-8-29(28)33(35(34)37(40)43)31-10-6-5-9-30(31)32/h3-20,32-35H,1-2H3/b38-20-/t32?,33?,34-,35+. The maximum Gasteiger partial charge on any atom is 0.269 e. The zero-order valence-electron chi connectivity index (χ0n) is 24.6. The summed E-state index contributed by atoms with van der Waals surface area (Å²) in [4.78, 5) is 38.4. The van der Waals surface area contributed by atoms with Crippen molar-refractivity contribution in [2.45, 2.75) is 25.7 Å². The second-order valence-corrected chi connectivity index (χ2v) is 12.0. The van der Waals surface area contributed by atoms with Crippen molar-refractivity contribution in [2.75, 3.05) is 0 Å². The number of imide groups is 1. The molecule has 8 nitrogen and oxygen atoms in total. The quantitative estimate of drug-likeness (QED) is 0.0960. The number of carbonyl (C=O) groups excluding carboxylic acids is 2. The number of aromatic nitrogens is 1. The molecule has 1 aromatic heterocycles. The Labute approximate surface area is 259 Å². The first kappa shape index (κ1) is 27.0. The highest BCUT2D eigenvalue weighted by atomic mass is 16.6. The molecule has 0 spiro atoms. The van der Waals surface area contributed by atoms with E-state index in [1.165, 1.54) is 12.1 Å². The van der Waals surface area contributed by atoms with Crippen LogP contribution in [0.2, 0.25) is 0 Å². The topological polar surface area (TPSA) is 97.8 Å². The minimum Gasteiger partial charge on any atom is -0.318 e. The lowest BCUT2D eigenvalue weighted by Crippen LogP contribution is -2.41. The number of carbonyl (C=O) groups is 2. The number of hydrazone groups is 1. The molecule has 2 bridgehead atoms. The van der Waals surface area contributed by atoms with Gasteiger partial charge in [-0.3, -0.25) is 19.7 Å². The van der Waals surface area contributed by atoms with E-state index in [2.05, 4.69) is 33.9 Å². The predicted molar refractivity (Wildman–Crippen MR) is 170 cm³/mol. The van der Waals surface area contributed by atoms with Gasteiger partial charge in [-0.1, -0.05) is 60.7 Å². The summed E-state index contributed by atoms with van der Waals surface area (Å²) in [7, 11) is 0. The van der Waals surface area contributed by atoms with E-state index in [1.54, 1.807) is 18.3 Å². The van der Waals surface area contributed by atoms with Gasteiger partial charge in [-0.2, -0.15) is 10.1 Å². The smallest absolute Gasteiger partial charge is 0.269 e. The van der Waals surface area contributed by atoms with Crippen LogP contribution >= 0.6 is 0 Å². The summed E-state index contributed by atoms with van der Waals surface area (Å²) in [6, 6.07) is 32.9. The van der Waals surface area contributed by atoms with E-state index < -0.39 is 16.8 Å². The highest BCUT2D eigenvalue weighted by Crippen LogP contribution is 2.61. The Kier molecular flexibility index (Phi) is 5.96. The fourth-order valence-corrected chi connectivity index (χ4v) is 7.79. The molecule has 1 aliphatic heterocycles. The first-order valence-corrected chi connectivity index (χ1v) is 15.0. The molecule has 8 heteroatoms. The van der Waals surface area contributed by atoms with Crippen LogP contribution in [0.3, 0.4) is 0 Å². The minimum atomic E-state index is -0.467. The normalized spacial score (nSPS) is 21.2. The summed E-state index contributed by atoms with van der Waals surface area (Å²) in [5.74, 6) is -1.74. The Balaban J connectivity index is 1.08. The van der Waals surface area contributed by atoms with E-state index in [-0.39, 0.29) is 29.3 Å². The highest BCUT2D eigenvalue weighted by molar-refractivity contribution is 6.08. The van der Waals surface area contributed by atoms with Crippen molar-refractivity contribution in [1.82, 2.24) is 9.58 Å². The molecule has 1 saturated heterocycles. The molecule has 3 aliphatic carbocycles. The molecule has 2 heterocycles. The molecular weight excluding hydrogens is 564 g/mol. The molecule has 5 aromatic rings. The SMILES string of the molecule is Cc1cc(/C=N\N2C(=O)[C@@H]3C4c5ccccc5C(c5ccccc54)[C@@H]3C2=O)c(C)n1-c1ccc(-c2ccc([N+](=O)[O-])cc2)cc1. The van der Waals surface area contributed by atoms with E-state index >= 15 is 0 Å². The summed E-state index contributed by atoms with van der Waals surface area (Å²) < 4.78 is 2.10. The number of hydrogen-bond donors (Lipinski definition) is 0. The molecule has 0 N–H and O–H groups in total. The molecule has 220 valence electrons. The largest absolute Gasteiger partial charge is 0.318 e. The van der Waals surface area contributed by atoms with Crippen LogP contribution in [0.5, 0.6) is 0 Å². The van der Waals surface area contributed by atoms with Crippen LogP contribution < -0.4 is 0 Å². The van der Waals surface area contributed by atoms with Crippen molar-refractivity contribution in [3.63, 3.8) is 0 Å². The van der Waals surface area contributed by atoms with Gasteiger partial charge >= 0.3 is 0 Å². The van der Waals surface area contributed by atoms with Gasteiger partial charge in [0.1, 0.15) is 0 Å². The van der Waals surface area contributed by atoms with Crippen molar-refractivity contribution in [3.8, 4) is 16.8 Å². The summed E-state index contributed by atoms with van der Waals surface area (Å²) in [5.41, 5.74) is 10.1. The summed E-state index contributed by atoms with van der Waals surface area (Å²) in [6.45, 7) is 3.99. The Morgan fingerprint density at radius 3 is 1.64 bits per heavy atom. The van der Waals surface area contributed by atoms with Gasteiger partial charge in [0.25, 0.3) is 17.5 Å². The predicted octanol–water partition coefficient (Wildman–Crippen LogP) is 6.90. The van der Waals surface area contributed by atoms with Crippen molar-refractivity contribution in [1.29, 1.82) is 0 Å². The summed E-state index contributed by atoms with van der Waals surface area (Å²) in [5, 5.41) is 16.6. The molecule has 45 heavy (non-hydrogen) atoms. The fourth-order valence-electron chi connectivity index (χ4n) is 7.79. The van der Waals surface area contributed by atoms with Gasteiger partial charge in [0, 0.05) is 46.6 Å². The molecule has 2 amide bonds. The number of hydrogen-bond acceptors (Lipinski definition) is 5. The molecule has 4 aromatic carbocycles. The number of aryl methyl sites for hydroxylation is 1. The lowest BCUT2D eigenvalue weighted by atomic mass is 9.55. The van der Waals surface area contributed by atoms with Crippen LogP contribution in [0, 0.1) is 35.8 Å². The van der Waals surface area contributed by atoms with Gasteiger partial charge in [-0.05, 0) is 77.6 Å². The van der Waals surface area contributed by atoms with E-state index in [9.17, 15) is 19.7 Å². The first-order chi connectivity index (χ1) is 21.8. The lowest BCUT2D eigenvalue weighted by Gasteiger charge is -2.45. The van der Waals surface area contributed by atoms with Crippen LogP contribution in [0.4, 0.5) is 5.69 Å². The average molecular weight is 593 g/mol. The molecule has 1 fully saturated rings. The van der Waals surface area contributed by atoms with Gasteiger partial charge < -0.3 is 4.57 Å². The average Bonchev–Trinajstić information content (AvgIpc) is 3.50. The molecule has 4 aliphatic rings. The number of nitro benzene ring substituents is 1. The Bertz CT molecular complexity index is 1960. The van der Waals surface area contributed by atoms with Crippen molar-refractivity contribution in [2.24, 2.45) is 16.9 Å². The Morgan fingerprint density at radius 1 is 0.711 bits per heavy atom. The van der Waals surface area contributed by atoms with E-state index in [4.69, 9.17) is 0 Å². The summed E-state index contributed by atoms with van der Waals surface area (Å²) >= 11 is 0. The first-order valence-electron chi connectivity index (χ1n) is 15.0. The van der Waals surface area contributed by atoms with Gasteiger partial charge in [0.05, 0.1) is 23.0 Å². The van der Waals surface area contributed by atoms with Crippen LogP contribution in [0.15, 0.2) is 108 Å². The third kappa shape index (κ3) is 3.95. The number of amides is 2. The van der Waals surface area contributed by atoms with Crippen LogP contribution in [0.25, 0.3) is 16.8 Å². The molecule has 0 radical (unpaired) electrons. The molecule has 2 atom stereocenters. The molecule has 0 saturated carbocycles. The minimum absolute atomic E-state index is 0.0572. The second kappa shape index (κ2) is 9.95. The van der Waals surface area contributed by atoms with Gasteiger partial charge in [0.15, 0.2) is 0 Å². The van der Waals surface area contributed by atoms with E-state index in [0.29, 0.717) is 0 Å². The molecule has 9 rings (SSSR count). The Hall–Kier alpha value is -5.63. The third-order valence-corrected chi connectivity index (χ3v) is 9.74. The zero-order chi connectivity index (χ0) is 31.0. The van der Waals surface area contributed by atoms with Gasteiger partial charge in [-0.25, -0.2) is 0 Å². The van der Waals surface area contributed by atoms with E-state index in [1.807, 2.05) is 68.4 Å². The zero-order valence-corrected chi connectivity index (χ0v) is 24.6. The second-order valence-electron chi connectivity index (χ2n) is 12.0. The van der Waals surface area contributed by atoms with Crippen LogP contribution in [-0.2, 0) is 9.59 Å². The number of nitrogens with zero attached hydrogens (tertiary/aromatic N) is 4. The Morgan fingerprint density at radius 2 is 1.18 bits per heavy atom. The van der Waals surface area contributed by atoms with Crippen molar-refractivity contribution < 1.29 is 14.5 Å². The van der Waals surface area contributed by atoms with Gasteiger partial charge in [-0.15, -0.1) is 0 Å². The van der Waals surface area contributed by atoms with Crippen molar-refractivity contribution in [3.05, 3.63) is 152 Å². The highest BCUT2D eigenvalue weighted by Gasteiger charge is 2.61.